The van der Waals surface area contributed by atoms with Gasteiger partial charge in [0.05, 0.1) is 6.04 Å². The second-order valence-electron chi connectivity index (χ2n) is 4.97. The van der Waals surface area contributed by atoms with E-state index in [1.807, 2.05) is 11.3 Å². The fraction of sp³-hybridized carbons (Fsp3) is 0.714. The molecule has 1 aromatic heterocycles. The second kappa shape index (κ2) is 6.94. The molecule has 2 unspecified atom stereocenters. The van der Waals surface area contributed by atoms with Gasteiger partial charge in [-0.3, -0.25) is 4.90 Å². The monoisotopic (exact) mass is 284 g/mol. The standard InChI is InChI=1S/C14H24N2S2/c1-3-12(15)14(13-6-5-11(2)18-13)16-7-4-9-17-10-8-16/h5-6,12,14H,3-4,7-10,15H2,1-2H3. The van der Waals surface area contributed by atoms with Gasteiger partial charge in [0, 0.05) is 28.1 Å². The van der Waals surface area contributed by atoms with Crippen molar-refractivity contribution in [2.24, 2.45) is 5.73 Å². The minimum atomic E-state index is 0.256. The first kappa shape index (κ1) is 14.4. The average molecular weight is 284 g/mol. The molecule has 0 spiro atoms. The minimum absolute atomic E-state index is 0.256. The molecule has 102 valence electrons. The molecule has 0 radical (unpaired) electrons. The molecule has 1 aromatic rings. The Labute approximate surface area is 119 Å². The van der Waals surface area contributed by atoms with Crippen LogP contribution in [0.25, 0.3) is 0 Å². The van der Waals surface area contributed by atoms with Gasteiger partial charge in [0.2, 0.25) is 0 Å². The van der Waals surface area contributed by atoms with Crippen molar-refractivity contribution in [1.82, 2.24) is 4.90 Å². The lowest BCUT2D eigenvalue weighted by molar-refractivity contribution is 0.185. The molecule has 2 atom stereocenters. The van der Waals surface area contributed by atoms with Gasteiger partial charge in [-0.05, 0) is 44.2 Å². The summed E-state index contributed by atoms with van der Waals surface area (Å²) in [6, 6.07) is 5.18. The molecule has 0 bridgehead atoms. The number of thioether (sulfide) groups is 1. The molecule has 1 saturated heterocycles. The average Bonchev–Trinajstić information content (AvgIpc) is 2.64. The predicted molar refractivity (Wildman–Crippen MR) is 83.6 cm³/mol. The minimum Gasteiger partial charge on any atom is -0.326 e. The van der Waals surface area contributed by atoms with Crippen LogP contribution in [0.2, 0.25) is 0 Å². The van der Waals surface area contributed by atoms with E-state index in [9.17, 15) is 0 Å². The zero-order valence-corrected chi connectivity index (χ0v) is 13.0. The molecule has 0 saturated carbocycles. The zero-order valence-electron chi connectivity index (χ0n) is 11.4. The van der Waals surface area contributed by atoms with Crippen LogP contribution in [0.3, 0.4) is 0 Å². The van der Waals surface area contributed by atoms with E-state index in [-0.39, 0.29) is 6.04 Å². The van der Waals surface area contributed by atoms with Crippen molar-refractivity contribution in [3.8, 4) is 0 Å². The Bertz CT molecular complexity index is 356. The SMILES string of the molecule is CCC(N)C(c1ccc(C)s1)N1CCCSCC1. The van der Waals surface area contributed by atoms with E-state index in [4.69, 9.17) is 5.73 Å². The highest BCUT2D eigenvalue weighted by Gasteiger charge is 2.27. The molecule has 2 rings (SSSR count). The first-order valence-corrected chi connectivity index (χ1v) is 8.83. The number of nitrogens with zero attached hydrogens (tertiary/aromatic N) is 1. The Morgan fingerprint density at radius 2 is 2.17 bits per heavy atom. The quantitative estimate of drug-likeness (QED) is 0.920. The second-order valence-corrected chi connectivity index (χ2v) is 7.51. The van der Waals surface area contributed by atoms with Crippen LogP contribution in [0, 0.1) is 6.92 Å². The number of hydrogen-bond acceptors (Lipinski definition) is 4. The van der Waals surface area contributed by atoms with E-state index in [2.05, 4.69) is 42.6 Å². The number of nitrogens with two attached hydrogens (primary N) is 1. The van der Waals surface area contributed by atoms with E-state index in [1.54, 1.807) is 0 Å². The summed E-state index contributed by atoms with van der Waals surface area (Å²) in [6.45, 7) is 6.76. The van der Waals surface area contributed by atoms with E-state index in [0.717, 1.165) is 6.42 Å². The molecular weight excluding hydrogens is 260 g/mol. The molecule has 1 fully saturated rings. The summed E-state index contributed by atoms with van der Waals surface area (Å²) in [5, 5.41) is 0. The molecule has 1 aliphatic heterocycles. The van der Waals surface area contributed by atoms with Gasteiger partial charge in [0.1, 0.15) is 0 Å². The van der Waals surface area contributed by atoms with Gasteiger partial charge >= 0.3 is 0 Å². The Balaban J connectivity index is 2.18. The van der Waals surface area contributed by atoms with Crippen LogP contribution in [0.15, 0.2) is 12.1 Å². The Morgan fingerprint density at radius 1 is 1.33 bits per heavy atom. The molecule has 2 heterocycles. The zero-order chi connectivity index (χ0) is 13.0. The lowest BCUT2D eigenvalue weighted by Gasteiger charge is -2.33. The smallest absolute Gasteiger partial charge is 0.0593 e. The first-order valence-electron chi connectivity index (χ1n) is 6.86. The van der Waals surface area contributed by atoms with Crippen molar-refractivity contribution in [3.05, 3.63) is 21.9 Å². The summed E-state index contributed by atoms with van der Waals surface area (Å²) in [5.74, 6) is 2.55. The number of aryl methyl sites for hydroxylation is 1. The Hall–Kier alpha value is -0.0300. The molecule has 2 N–H and O–H groups in total. The first-order chi connectivity index (χ1) is 8.72. The van der Waals surface area contributed by atoms with Crippen molar-refractivity contribution in [2.75, 3.05) is 24.6 Å². The lowest BCUT2D eigenvalue weighted by atomic mass is 10.0. The summed E-state index contributed by atoms with van der Waals surface area (Å²) < 4.78 is 0. The van der Waals surface area contributed by atoms with E-state index >= 15 is 0 Å². The third kappa shape index (κ3) is 3.50. The fourth-order valence-corrected chi connectivity index (χ4v) is 4.53. The van der Waals surface area contributed by atoms with Gasteiger partial charge in [-0.1, -0.05) is 6.92 Å². The summed E-state index contributed by atoms with van der Waals surface area (Å²) in [7, 11) is 0. The third-order valence-corrected chi connectivity index (χ3v) is 5.70. The van der Waals surface area contributed by atoms with E-state index in [1.165, 1.54) is 40.8 Å². The van der Waals surface area contributed by atoms with Gasteiger partial charge in [-0.2, -0.15) is 11.8 Å². The highest BCUT2D eigenvalue weighted by molar-refractivity contribution is 7.99. The van der Waals surface area contributed by atoms with Crippen molar-refractivity contribution in [3.63, 3.8) is 0 Å². The molecule has 0 aliphatic carbocycles. The maximum absolute atomic E-state index is 6.40. The summed E-state index contributed by atoms with van der Waals surface area (Å²) >= 11 is 3.99. The number of thiophene rings is 1. The molecule has 0 aromatic carbocycles. The van der Waals surface area contributed by atoms with Crippen LogP contribution < -0.4 is 5.73 Å². The summed E-state index contributed by atoms with van der Waals surface area (Å²) in [4.78, 5) is 5.45. The summed E-state index contributed by atoms with van der Waals surface area (Å²) in [6.07, 6.45) is 2.34. The van der Waals surface area contributed by atoms with Crippen LogP contribution in [-0.2, 0) is 0 Å². The maximum atomic E-state index is 6.40. The normalized spacial score (nSPS) is 21.5. The Morgan fingerprint density at radius 3 is 2.83 bits per heavy atom. The lowest BCUT2D eigenvalue weighted by Crippen LogP contribution is -2.41. The van der Waals surface area contributed by atoms with Gasteiger partial charge in [0.25, 0.3) is 0 Å². The van der Waals surface area contributed by atoms with Gasteiger partial charge in [-0.15, -0.1) is 11.3 Å². The number of rotatable bonds is 4. The van der Waals surface area contributed by atoms with Gasteiger partial charge in [-0.25, -0.2) is 0 Å². The number of hydrogen-bond donors (Lipinski definition) is 1. The molecule has 4 heteroatoms. The van der Waals surface area contributed by atoms with Crippen molar-refractivity contribution in [1.29, 1.82) is 0 Å². The molecule has 1 aliphatic rings. The van der Waals surface area contributed by atoms with Crippen LogP contribution >= 0.6 is 23.1 Å². The van der Waals surface area contributed by atoms with Crippen LogP contribution in [0.5, 0.6) is 0 Å². The predicted octanol–water partition coefficient (Wildman–Crippen LogP) is 3.27. The van der Waals surface area contributed by atoms with Crippen LogP contribution in [-0.4, -0.2) is 35.5 Å². The van der Waals surface area contributed by atoms with Gasteiger partial charge < -0.3 is 5.73 Å². The topological polar surface area (TPSA) is 29.3 Å². The van der Waals surface area contributed by atoms with E-state index < -0.39 is 0 Å². The highest BCUT2D eigenvalue weighted by atomic mass is 32.2. The fourth-order valence-electron chi connectivity index (χ4n) is 2.54. The van der Waals surface area contributed by atoms with Crippen molar-refractivity contribution < 1.29 is 0 Å². The van der Waals surface area contributed by atoms with Crippen molar-refractivity contribution in [2.45, 2.75) is 38.8 Å². The largest absolute Gasteiger partial charge is 0.326 e. The molecule has 18 heavy (non-hydrogen) atoms. The molecule has 0 amide bonds. The van der Waals surface area contributed by atoms with Crippen LogP contribution in [0.4, 0.5) is 0 Å². The highest BCUT2D eigenvalue weighted by Crippen LogP contribution is 2.32. The van der Waals surface area contributed by atoms with Crippen LogP contribution in [0.1, 0.15) is 35.6 Å². The molecule has 2 nitrogen and oxygen atoms in total. The maximum Gasteiger partial charge on any atom is 0.0593 e. The van der Waals surface area contributed by atoms with Gasteiger partial charge in [0.15, 0.2) is 0 Å². The van der Waals surface area contributed by atoms with E-state index in [0.29, 0.717) is 6.04 Å². The third-order valence-electron chi connectivity index (χ3n) is 3.58. The van der Waals surface area contributed by atoms with Crippen molar-refractivity contribution >= 4 is 23.1 Å². The Kier molecular flexibility index (Phi) is 5.55. The molecular formula is C14H24N2S2. The summed E-state index contributed by atoms with van der Waals surface area (Å²) in [5.41, 5.74) is 6.40.